The van der Waals surface area contributed by atoms with Crippen LogP contribution in [0.2, 0.25) is 0 Å². The lowest BCUT2D eigenvalue weighted by Crippen LogP contribution is -2.37. The number of rotatable bonds is 7. The predicted octanol–water partition coefficient (Wildman–Crippen LogP) is 2.75. The van der Waals surface area contributed by atoms with E-state index in [1.807, 2.05) is 12.1 Å². The summed E-state index contributed by atoms with van der Waals surface area (Å²) in [7, 11) is 0. The summed E-state index contributed by atoms with van der Waals surface area (Å²) >= 11 is 0. The topological polar surface area (TPSA) is 32.3 Å². The number of hydrogen-bond acceptors (Lipinski definition) is 2. The molecule has 1 aromatic rings. The third-order valence-electron chi connectivity index (χ3n) is 3.20. The minimum absolute atomic E-state index is 0.0677. The van der Waals surface area contributed by atoms with Gasteiger partial charge in [-0.3, -0.25) is 0 Å². The van der Waals surface area contributed by atoms with E-state index in [1.165, 1.54) is 6.07 Å². The molecule has 2 N–H and O–H groups in total. The van der Waals surface area contributed by atoms with Gasteiger partial charge < -0.3 is 10.4 Å². The second kappa shape index (κ2) is 6.86. The summed E-state index contributed by atoms with van der Waals surface area (Å²) < 4.78 is 13.5. The van der Waals surface area contributed by atoms with Crippen LogP contribution in [0.4, 0.5) is 4.39 Å². The van der Waals surface area contributed by atoms with Crippen LogP contribution in [0.3, 0.4) is 0 Å². The Hall–Kier alpha value is -0.930. The zero-order chi connectivity index (χ0) is 13.6. The van der Waals surface area contributed by atoms with E-state index < -0.39 is 0 Å². The number of benzene rings is 1. The highest BCUT2D eigenvalue weighted by molar-refractivity contribution is 5.18. The van der Waals surface area contributed by atoms with E-state index in [-0.39, 0.29) is 23.9 Å². The number of nitrogens with one attached hydrogen (secondary N) is 1. The maximum absolute atomic E-state index is 13.5. The molecule has 0 spiro atoms. The van der Waals surface area contributed by atoms with E-state index in [0.29, 0.717) is 6.42 Å². The lowest BCUT2D eigenvalue weighted by molar-refractivity contribution is 0.203. The number of aliphatic hydroxyl groups excluding tert-OH is 1. The van der Waals surface area contributed by atoms with E-state index in [2.05, 4.69) is 26.1 Å². The van der Waals surface area contributed by atoms with Gasteiger partial charge >= 0.3 is 0 Å². The fourth-order valence-electron chi connectivity index (χ4n) is 1.91. The molecule has 18 heavy (non-hydrogen) atoms. The summed E-state index contributed by atoms with van der Waals surface area (Å²) in [5.74, 6) is -0.138. The standard InChI is InChI=1S/C15H24FNO/c1-12(17-11-15(2,3)8-9-18)10-13-6-4-5-7-14(13)16/h4-7,12,17-18H,8-11H2,1-3H3. The van der Waals surface area contributed by atoms with Crippen LogP contribution in [0, 0.1) is 11.2 Å². The van der Waals surface area contributed by atoms with Crippen molar-refractivity contribution in [3.63, 3.8) is 0 Å². The van der Waals surface area contributed by atoms with Crippen LogP contribution in [0.15, 0.2) is 24.3 Å². The maximum atomic E-state index is 13.5. The Morgan fingerprint density at radius 3 is 2.61 bits per heavy atom. The molecule has 0 aromatic heterocycles. The second-order valence-electron chi connectivity index (χ2n) is 5.72. The predicted molar refractivity (Wildman–Crippen MR) is 73.1 cm³/mol. The van der Waals surface area contributed by atoms with Crippen molar-refractivity contribution in [2.45, 2.75) is 39.7 Å². The molecule has 2 nitrogen and oxygen atoms in total. The minimum Gasteiger partial charge on any atom is -0.396 e. The van der Waals surface area contributed by atoms with Crippen LogP contribution in [0.25, 0.3) is 0 Å². The van der Waals surface area contributed by atoms with Gasteiger partial charge in [0.05, 0.1) is 0 Å². The zero-order valence-electron chi connectivity index (χ0n) is 11.5. The molecular formula is C15H24FNO. The van der Waals surface area contributed by atoms with Crippen molar-refractivity contribution in [3.8, 4) is 0 Å². The molecule has 102 valence electrons. The van der Waals surface area contributed by atoms with Crippen molar-refractivity contribution in [2.24, 2.45) is 5.41 Å². The van der Waals surface area contributed by atoms with E-state index in [4.69, 9.17) is 5.11 Å². The quantitative estimate of drug-likeness (QED) is 0.783. The van der Waals surface area contributed by atoms with E-state index in [1.54, 1.807) is 6.07 Å². The molecular weight excluding hydrogens is 229 g/mol. The average molecular weight is 253 g/mol. The Kier molecular flexibility index (Phi) is 5.76. The summed E-state index contributed by atoms with van der Waals surface area (Å²) in [5.41, 5.74) is 0.815. The van der Waals surface area contributed by atoms with Crippen molar-refractivity contribution in [1.82, 2.24) is 5.32 Å². The highest BCUT2D eigenvalue weighted by Gasteiger charge is 2.18. The van der Waals surface area contributed by atoms with E-state index >= 15 is 0 Å². The number of aliphatic hydroxyl groups is 1. The summed E-state index contributed by atoms with van der Waals surface area (Å²) in [5, 5.41) is 12.4. The van der Waals surface area contributed by atoms with Gasteiger partial charge in [-0.1, -0.05) is 32.0 Å². The van der Waals surface area contributed by atoms with Crippen molar-refractivity contribution in [1.29, 1.82) is 0 Å². The maximum Gasteiger partial charge on any atom is 0.126 e. The first-order valence-corrected chi connectivity index (χ1v) is 6.52. The molecule has 1 atom stereocenters. The highest BCUT2D eigenvalue weighted by atomic mass is 19.1. The lowest BCUT2D eigenvalue weighted by atomic mass is 9.89. The van der Waals surface area contributed by atoms with Gasteiger partial charge in [0.25, 0.3) is 0 Å². The SMILES string of the molecule is CC(Cc1ccccc1F)NCC(C)(C)CCO. The molecule has 0 aliphatic carbocycles. The Labute approximate surface area is 109 Å². The molecule has 0 aliphatic heterocycles. The Balaban J connectivity index is 2.43. The molecule has 0 amide bonds. The summed E-state index contributed by atoms with van der Waals surface area (Å²) in [4.78, 5) is 0. The van der Waals surface area contributed by atoms with Crippen molar-refractivity contribution < 1.29 is 9.50 Å². The summed E-state index contributed by atoms with van der Waals surface area (Å²) in [6, 6.07) is 7.12. The molecule has 3 heteroatoms. The third kappa shape index (κ3) is 5.15. The lowest BCUT2D eigenvalue weighted by Gasteiger charge is -2.26. The van der Waals surface area contributed by atoms with E-state index in [9.17, 15) is 4.39 Å². The first-order valence-electron chi connectivity index (χ1n) is 6.52. The fraction of sp³-hybridized carbons (Fsp3) is 0.600. The Bertz CT molecular complexity index is 365. The van der Waals surface area contributed by atoms with Crippen LogP contribution >= 0.6 is 0 Å². The number of halogens is 1. The molecule has 1 aromatic carbocycles. The molecule has 0 bridgehead atoms. The Morgan fingerprint density at radius 1 is 1.33 bits per heavy atom. The van der Waals surface area contributed by atoms with Crippen LogP contribution in [-0.2, 0) is 6.42 Å². The van der Waals surface area contributed by atoms with Gasteiger partial charge in [-0.2, -0.15) is 0 Å². The molecule has 0 saturated carbocycles. The third-order valence-corrected chi connectivity index (χ3v) is 3.20. The van der Waals surface area contributed by atoms with Crippen molar-refractivity contribution in [3.05, 3.63) is 35.6 Å². The largest absolute Gasteiger partial charge is 0.396 e. The van der Waals surface area contributed by atoms with Gasteiger partial charge in [-0.05, 0) is 36.8 Å². The first kappa shape index (κ1) is 15.1. The fourth-order valence-corrected chi connectivity index (χ4v) is 1.91. The van der Waals surface area contributed by atoms with Gasteiger partial charge in [0, 0.05) is 19.2 Å². The summed E-state index contributed by atoms with van der Waals surface area (Å²) in [6.45, 7) is 7.32. The van der Waals surface area contributed by atoms with E-state index in [0.717, 1.165) is 18.5 Å². The smallest absolute Gasteiger partial charge is 0.126 e. The van der Waals surface area contributed by atoms with Gasteiger partial charge in [0.2, 0.25) is 0 Å². The van der Waals surface area contributed by atoms with Crippen molar-refractivity contribution in [2.75, 3.05) is 13.2 Å². The molecule has 0 saturated heterocycles. The Morgan fingerprint density at radius 2 is 2.00 bits per heavy atom. The van der Waals surface area contributed by atoms with Gasteiger partial charge in [0.15, 0.2) is 0 Å². The molecule has 0 fully saturated rings. The molecule has 0 radical (unpaired) electrons. The van der Waals surface area contributed by atoms with Crippen LogP contribution in [0.5, 0.6) is 0 Å². The summed E-state index contributed by atoms with van der Waals surface area (Å²) in [6.07, 6.45) is 1.45. The van der Waals surface area contributed by atoms with Gasteiger partial charge in [0.1, 0.15) is 5.82 Å². The molecule has 0 aliphatic rings. The van der Waals surface area contributed by atoms with Gasteiger partial charge in [-0.15, -0.1) is 0 Å². The van der Waals surface area contributed by atoms with Crippen LogP contribution < -0.4 is 5.32 Å². The molecule has 0 heterocycles. The molecule has 1 unspecified atom stereocenters. The monoisotopic (exact) mass is 253 g/mol. The molecule has 1 rings (SSSR count). The van der Waals surface area contributed by atoms with Crippen molar-refractivity contribution >= 4 is 0 Å². The zero-order valence-corrected chi connectivity index (χ0v) is 11.5. The van der Waals surface area contributed by atoms with Gasteiger partial charge in [-0.25, -0.2) is 4.39 Å². The first-order chi connectivity index (χ1) is 8.44. The number of hydrogen-bond donors (Lipinski definition) is 2. The minimum atomic E-state index is -0.138. The second-order valence-corrected chi connectivity index (χ2v) is 5.72. The average Bonchev–Trinajstić information content (AvgIpc) is 2.30. The van der Waals surface area contributed by atoms with Crippen LogP contribution in [0.1, 0.15) is 32.8 Å². The normalized spacial score (nSPS) is 13.6. The highest BCUT2D eigenvalue weighted by Crippen LogP contribution is 2.18. The van der Waals surface area contributed by atoms with Crippen LogP contribution in [-0.4, -0.2) is 24.3 Å².